The molecule has 1 rings (SSSR count). The van der Waals surface area contributed by atoms with Gasteiger partial charge in [-0.1, -0.05) is 6.92 Å². The molecule has 0 bridgehead atoms. The molecule has 0 amide bonds. The number of hydrogen-bond acceptors (Lipinski definition) is 4. The highest BCUT2D eigenvalue weighted by Gasteiger charge is 2.11. The normalized spacial score (nSPS) is 11.2. The summed E-state index contributed by atoms with van der Waals surface area (Å²) in [5.41, 5.74) is 0. The van der Waals surface area contributed by atoms with Gasteiger partial charge in [-0.2, -0.15) is 4.98 Å². The van der Waals surface area contributed by atoms with Gasteiger partial charge in [0.25, 0.3) is 0 Å². The summed E-state index contributed by atoms with van der Waals surface area (Å²) in [5.74, 6) is 0.678. The topological polar surface area (TPSA) is 68.3 Å². The maximum absolute atomic E-state index is 11.5. The van der Waals surface area contributed by atoms with Crippen molar-refractivity contribution in [3.05, 3.63) is 16.6 Å². The summed E-state index contributed by atoms with van der Waals surface area (Å²) in [4.78, 5) is 4.00. The first kappa shape index (κ1) is 13.2. The lowest BCUT2D eigenvalue weighted by molar-refractivity contribution is 0.396. The van der Waals surface area contributed by atoms with Crippen LogP contribution < -0.4 is 9.46 Å². The smallest absolute Gasteiger partial charge is 0.233 e. The van der Waals surface area contributed by atoms with Gasteiger partial charge < -0.3 is 4.74 Å². The van der Waals surface area contributed by atoms with Crippen LogP contribution in [0.4, 0.5) is 5.82 Å². The van der Waals surface area contributed by atoms with E-state index in [-0.39, 0.29) is 11.6 Å². The number of nitrogens with zero attached hydrogens (tertiary/aromatic N) is 1. The van der Waals surface area contributed by atoms with E-state index < -0.39 is 10.0 Å². The highest BCUT2D eigenvalue weighted by Crippen LogP contribution is 2.24. The minimum atomic E-state index is -3.31. The van der Waals surface area contributed by atoms with Crippen LogP contribution in [-0.4, -0.2) is 26.3 Å². The lowest BCUT2D eigenvalue weighted by atomic mass is 10.4. The number of methoxy groups -OCH3 is 1. The molecule has 0 unspecified atom stereocenters. The van der Waals surface area contributed by atoms with Crippen LogP contribution in [0.3, 0.4) is 0 Å². The molecular weight excluding hydrogens is 296 g/mol. The van der Waals surface area contributed by atoms with Crippen LogP contribution in [0.2, 0.25) is 0 Å². The van der Waals surface area contributed by atoms with Gasteiger partial charge in [0.05, 0.1) is 17.3 Å². The zero-order valence-electron chi connectivity index (χ0n) is 9.03. The average molecular weight is 309 g/mol. The highest BCUT2D eigenvalue weighted by atomic mass is 79.9. The lowest BCUT2D eigenvalue weighted by Gasteiger charge is -2.08. The van der Waals surface area contributed by atoms with Gasteiger partial charge in [0.15, 0.2) is 0 Å². The summed E-state index contributed by atoms with van der Waals surface area (Å²) in [6, 6.07) is 3.25. The van der Waals surface area contributed by atoms with E-state index in [4.69, 9.17) is 4.74 Å². The van der Waals surface area contributed by atoms with Gasteiger partial charge in [-0.05, 0) is 34.5 Å². The third-order valence-electron chi connectivity index (χ3n) is 1.74. The van der Waals surface area contributed by atoms with Crippen molar-refractivity contribution in [2.24, 2.45) is 0 Å². The number of ether oxygens (including phenoxy) is 1. The Morgan fingerprint density at radius 2 is 2.19 bits per heavy atom. The van der Waals surface area contributed by atoms with Crippen LogP contribution in [0.25, 0.3) is 0 Å². The SMILES string of the molecule is CCCS(=O)(=O)Nc1ccc(Br)c(OC)n1. The molecule has 0 aliphatic rings. The van der Waals surface area contributed by atoms with Crippen molar-refractivity contribution < 1.29 is 13.2 Å². The van der Waals surface area contributed by atoms with Crippen molar-refractivity contribution in [1.82, 2.24) is 4.98 Å². The molecule has 16 heavy (non-hydrogen) atoms. The number of hydrogen-bond donors (Lipinski definition) is 1. The molecule has 1 aromatic rings. The van der Waals surface area contributed by atoms with Crippen molar-refractivity contribution in [2.45, 2.75) is 13.3 Å². The van der Waals surface area contributed by atoms with E-state index in [1.165, 1.54) is 7.11 Å². The Morgan fingerprint density at radius 3 is 2.75 bits per heavy atom. The summed E-state index contributed by atoms with van der Waals surface area (Å²) >= 11 is 3.24. The number of anilines is 1. The average Bonchev–Trinajstić information content (AvgIpc) is 2.20. The predicted octanol–water partition coefficient (Wildman–Crippen LogP) is 2.00. The quantitative estimate of drug-likeness (QED) is 0.903. The Hall–Kier alpha value is -0.820. The van der Waals surface area contributed by atoms with Crippen molar-refractivity contribution in [3.63, 3.8) is 0 Å². The van der Waals surface area contributed by atoms with Crippen LogP contribution in [0.5, 0.6) is 5.88 Å². The van der Waals surface area contributed by atoms with E-state index in [9.17, 15) is 8.42 Å². The Labute approximate surface area is 103 Å². The minimum absolute atomic E-state index is 0.0764. The molecule has 0 saturated heterocycles. The summed E-state index contributed by atoms with van der Waals surface area (Å²) in [6.07, 6.45) is 0.559. The maximum Gasteiger partial charge on any atom is 0.233 e. The maximum atomic E-state index is 11.5. The molecule has 0 fully saturated rings. The molecule has 0 saturated carbocycles. The number of pyridine rings is 1. The monoisotopic (exact) mass is 308 g/mol. The van der Waals surface area contributed by atoms with E-state index in [0.717, 1.165) is 0 Å². The second-order valence-electron chi connectivity index (χ2n) is 3.11. The van der Waals surface area contributed by atoms with Gasteiger partial charge in [0.1, 0.15) is 5.82 Å². The molecule has 0 aliphatic heterocycles. The van der Waals surface area contributed by atoms with Gasteiger partial charge in [0, 0.05) is 0 Å². The first-order valence-electron chi connectivity index (χ1n) is 4.69. The molecule has 0 radical (unpaired) electrons. The van der Waals surface area contributed by atoms with Gasteiger partial charge in [-0.3, -0.25) is 4.72 Å². The molecule has 0 spiro atoms. The van der Waals surface area contributed by atoms with Gasteiger partial charge in [0.2, 0.25) is 15.9 Å². The summed E-state index contributed by atoms with van der Waals surface area (Å²) in [7, 11) is -1.84. The zero-order chi connectivity index (χ0) is 12.2. The molecule has 0 aliphatic carbocycles. The lowest BCUT2D eigenvalue weighted by Crippen LogP contribution is -2.17. The van der Waals surface area contributed by atoms with Crippen LogP contribution in [0.15, 0.2) is 16.6 Å². The van der Waals surface area contributed by atoms with E-state index in [2.05, 4.69) is 25.6 Å². The standard InChI is InChI=1S/C9H13BrN2O3S/c1-3-6-16(13,14)12-8-5-4-7(10)9(11-8)15-2/h4-5H,3,6H2,1-2H3,(H,11,12). The van der Waals surface area contributed by atoms with E-state index in [1.54, 1.807) is 19.1 Å². The first-order valence-corrected chi connectivity index (χ1v) is 7.14. The zero-order valence-corrected chi connectivity index (χ0v) is 11.4. The molecule has 5 nitrogen and oxygen atoms in total. The number of halogens is 1. The van der Waals surface area contributed by atoms with Crippen molar-refractivity contribution >= 4 is 31.8 Å². The third kappa shape index (κ3) is 3.64. The fourth-order valence-electron chi connectivity index (χ4n) is 1.10. The van der Waals surface area contributed by atoms with Crippen LogP contribution in [0.1, 0.15) is 13.3 Å². The van der Waals surface area contributed by atoms with Crippen molar-refractivity contribution in [2.75, 3.05) is 17.6 Å². The minimum Gasteiger partial charge on any atom is -0.480 e. The van der Waals surface area contributed by atoms with E-state index in [0.29, 0.717) is 16.8 Å². The molecule has 1 N–H and O–H groups in total. The Morgan fingerprint density at radius 1 is 1.50 bits per heavy atom. The number of nitrogens with one attached hydrogen (secondary N) is 1. The summed E-state index contributed by atoms with van der Waals surface area (Å²) in [5, 5.41) is 0. The molecule has 7 heteroatoms. The Balaban J connectivity index is 2.90. The van der Waals surface area contributed by atoms with Gasteiger partial charge in [-0.25, -0.2) is 8.42 Å². The molecule has 0 aromatic carbocycles. The molecular formula is C9H13BrN2O3S. The van der Waals surface area contributed by atoms with Crippen LogP contribution >= 0.6 is 15.9 Å². The number of aromatic nitrogens is 1. The highest BCUT2D eigenvalue weighted by molar-refractivity contribution is 9.10. The van der Waals surface area contributed by atoms with Gasteiger partial charge >= 0.3 is 0 Å². The third-order valence-corrected chi connectivity index (χ3v) is 3.81. The van der Waals surface area contributed by atoms with Gasteiger partial charge in [-0.15, -0.1) is 0 Å². The fourth-order valence-corrected chi connectivity index (χ4v) is 2.56. The first-order chi connectivity index (χ1) is 7.48. The largest absolute Gasteiger partial charge is 0.480 e. The molecule has 1 aromatic heterocycles. The fraction of sp³-hybridized carbons (Fsp3) is 0.444. The number of rotatable bonds is 5. The van der Waals surface area contributed by atoms with Crippen molar-refractivity contribution in [3.8, 4) is 5.88 Å². The molecule has 1 heterocycles. The summed E-state index contributed by atoms with van der Waals surface area (Å²) < 4.78 is 31.0. The second kappa shape index (κ2) is 5.49. The number of sulfonamides is 1. The Kier molecular flexibility index (Phi) is 4.55. The van der Waals surface area contributed by atoms with Crippen molar-refractivity contribution in [1.29, 1.82) is 0 Å². The summed E-state index contributed by atoms with van der Waals surface area (Å²) in [6.45, 7) is 1.80. The predicted molar refractivity (Wildman–Crippen MR) is 66.2 cm³/mol. The van der Waals surface area contributed by atoms with E-state index in [1.807, 2.05) is 0 Å². The van der Waals surface area contributed by atoms with E-state index >= 15 is 0 Å². The Bertz CT molecular complexity index is 462. The molecule has 90 valence electrons. The van der Waals surface area contributed by atoms with Crippen LogP contribution in [-0.2, 0) is 10.0 Å². The van der Waals surface area contributed by atoms with Crippen LogP contribution in [0, 0.1) is 0 Å². The molecule has 0 atom stereocenters. The second-order valence-corrected chi connectivity index (χ2v) is 5.80.